The Hall–Kier alpha value is -1.67. The van der Waals surface area contributed by atoms with E-state index in [1.165, 1.54) is 22.6 Å². The molecule has 0 radical (unpaired) electrons. The van der Waals surface area contributed by atoms with E-state index in [9.17, 15) is 13.2 Å². The van der Waals surface area contributed by atoms with Gasteiger partial charge < -0.3 is 10.5 Å². The normalized spacial score (nSPS) is 15.3. The van der Waals surface area contributed by atoms with E-state index in [1.54, 1.807) is 6.92 Å². The van der Waals surface area contributed by atoms with Crippen molar-refractivity contribution in [2.75, 3.05) is 18.9 Å². The monoisotopic (exact) mass is 299 g/mol. The van der Waals surface area contributed by atoms with Crippen molar-refractivity contribution < 1.29 is 17.9 Å². The summed E-state index contributed by atoms with van der Waals surface area (Å²) in [5, 5.41) is 0. The standard InChI is InChI=1S/C12H17N3O4S/c1-2-19-12(16)8-15(9-3-4-9)20(17,18)10-5-6-11(13)14-7-10/h5-7,9H,2-4,8H2,1H3,(H2,13,14). The number of aromatic nitrogens is 1. The van der Waals surface area contributed by atoms with Crippen LogP contribution in [-0.2, 0) is 19.6 Å². The summed E-state index contributed by atoms with van der Waals surface area (Å²) in [6.07, 6.45) is 2.70. The van der Waals surface area contributed by atoms with Gasteiger partial charge in [0.15, 0.2) is 0 Å². The molecule has 0 bridgehead atoms. The third-order valence-electron chi connectivity index (χ3n) is 2.91. The van der Waals surface area contributed by atoms with Gasteiger partial charge in [0.1, 0.15) is 17.3 Å². The van der Waals surface area contributed by atoms with Gasteiger partial charge in [-0.25, -0.2) is 13.4 Å². The number of nitrogen functional groups attached to an aromatic ring is 1. The van der Waals surface area contributed by atoms with Crippen LogP contribution in [0.3, 0.4) is 0 Å². The molecule has 0 spiro atoms. The Morgan fingerprint density at radius 2 is 2.20 bits per heavy atom. The number of sulfonamides is 1. The average molecular weight is 299 g/mol. The van der Waals surface area contributed by atoms with Gasteiger partial charge in [-0.1, -0.05) is 0 Å². The summed E-state index contributed by atoms with van der Waals surface area (Å²) in [6, 6.07) is 2.67. The molecule has 0 amide bonds. The van der Waals surface area contributed by atoms with Gasteiger partial charge in [-0.2, -0.15) is 4.31 Å². The molecule has 0 aliphatic heterocycles. The van der Waals surface area contributed by atoms with E-state index in [-0.39, 0.29) is 29.9 Å². The molecular formula is C12H17N3O4S. The minimum absolute atomic E-state index is 0.0305. The van der Waals surface area contributed by atoms with E-state index in [0.29, 0.717) is 0 Å². The molecular weight excluding hydrogens is 282 g/mol. The Kier molecular flexibility index (Phi) is 4.24. The molecule has 1 saturated carbocycles. The van der Waals surface area contributed by atoms with Crippen LogP contribution < -0.4 is 5.73 Å². The Morgan fingerprint density at radius 3 is 2.70 bits per heavy atom. The van der Waals surface area contributed by atoms with Crippen LogP contribution >= 0.6 is 0 Å². The molecule has 2 rings (SSSR count). The number of nitrogens with zero attached hydrogens (tertiary/aromatic N) is 2. The number of hydrogen-bond acceptors (Lipinski definition) is 6. The molecule has 1 aliphatic carbocycles. The first-order chi connectivity index (χ1) is 9.45. The van der Waals surface area contributed by atoms with Crippen molar-refractivity contribution in [2.24, 2.45) is 0 Å². The number of ether oxygens (including phenoxy) is 1. The van der Waals surface area contributed by atoms with Crippen molar-refractivity contribution in [2.45, 2.75) is 30.7 Å². The molecule has 0 atom stereocenters. The van der Waals surface area contributed by atoms with Gasteiger partial charge >= 0.3 is 5.97 Å². The highest BCUT2D eigenvalue weighted by Gasteiger charge is 2.39. The maximum atomic E-state index is 12.5. The van der Waals surface area contributed by atoms with Gasteiger partial charge in [0.2, 0.25) is 10.0 Å². The summed E-state index contributed by atoms with van der Waals surface area (Å²) < 4.78 is 31.0. The average Bonchev–Trinajstić information content (AvgIpc) is 3.21. The van der Waals surface area contributed by atoms with Crippen LogP contribution in [0.2, 0.25) is 0 Å². The summed E-state index contributed by atoms with van der Waals surface area (Å²) in [4.78, 5) is 15.4. The molecule has 110 valence electrons. The lowest BCUT2D eigenvalue weighted by atomic mass is 10.5. The van der Waals surface area contributed by atoms with Gasteiger partial charge in [-0.3, -0.25) is 4.79 Å². The van der Waals surface area contributed by atoms with Gasteiger partial charge in [-0.05, 0) is 31.9 Å². The van der Waals surface area contributed by atoms with E-state index in [4.69, 9.17) is 10.5 Å². The zero-order valence-corrected chi connectivity index (χ0v) is 12.0. The Balaban J connectivity index is 2.23. The first-order valence-corrected chi connectivity index (χ1v) is 7.78. The Bertz CT molecular complexity index is 581. The Labute approximate surface area is 117 Å². The molecule has 8 heteroatoms. The van der Waals surface area contributed by atoms with Crippen molar-refractivity contribution in [1.82, 2.24) is 9.29 Å². The molecule has 0 unspecified atom stereocenters. The summed E-state index contributed by atoms with van der Waals surface area (Å²) in [5.74, 6) is -0.307. The fraction of sp³-hybridized carbons (Fsp3) is 0.500. The maximum absolute atomic E-state index is 12.5. The molecule has 7 nitrogen and oxygen atoms in total. The second-order valence-corrected chi connectivity index (χ2v) is 6.40. The quantitative estimate of drug-likeness (QED) is 0.762. The molecule has 1 aromatic rings. The minimum Gasteiger partial charge on any atom is -0.465 e. The van der Waals surface area contributed by atoms with Gasteiger partial charge in [0.05, 0.1) is 6.61 Å². The third kappa shape index (κ3) is 3.26. The van der Waals surface area contributed by atoms with E-state index < -0.39 is 16.0 Å². The molecule has 1 heterocycles. The topological polar surface area (TPSA) is 103 Å². The summed E-state index contributed by atoms with van der Waals surface area (Å²) in [7, 11) is -3.75. The predicted molar refractivity (Wildman–Crippen MR) is 72.2 cm³/mol. The highest BCUT2D eigenvalue weighted by atomic mass is 32.2. The van der Waals surface area contributed by atoms with Crippen LogP contribution in [0.4, 0.5) is 5.82 Å². The fourth-order valence-electron chi connectivity index (χ4n) is 1.79. The van der Waals surface area contributed by atoms with Gasteiger partial charge in [-0.15, -0.1) is 0 Å². The smallest absolute Gasteiger partial charge is 0.321 e. The number of pyridine rings is 1. The van der Waals surface area contributed by atoms with E-state index in [0.717, 1.165) is 12.8 Å². The maximum Gasteiger partial charge on any atom is 0.321 e. The molecule has 1 aliphatic rings. The molecule has 1 fully saturated rings. The molecule has 1 aromatic heterocycles. The number of anilines is 1. The second kappa shape index (κ2) is 5.76. The number of nitrogens with two attached hydrogens (primary N) is 1. The first-order valence-electron chi connectivity index (χ1n) is 6.34. The lowest BCUT2D eigenvalue weighted by molar-refractivity contribution is -0.143. The number of carbonyl (C=O) groups excluding carboxylic acids is 1. The van der Waals surface area contributed by atoms with Gasteiger partial charge in [0.25, 0.3) is 0 Å². The minimum atomic E-state index is -3.75. The zero-order chi connectivity index (χ0) is 14.8. The van der Waals surface area contributed by atoms with Crippen LogP contribution in [0.5, 0.6) is 0 Å². The number of carbonyl (C=O) groups is 1. The van der Waals surface area contributed by atoms with Gasteiger partial charge in [0, 0.05) is 12.2 Å². The largest absolute Gasteiger partial charge is 0.465 e. The highest BCUT2D eigenvalue weighted by molar-refractivity contribution is 7.89. The lowest BCUT2D eigenvalue weighted by Gasteiger charge is -2.20. The second-order valence-electron chi connectivity index (χ2n) is 4.51. The molecule has 2 N–H and O–H groups in total. The van der Waals surface area contributed by atoms with Crippen LogP contribution in [0.15, 0.2) is 23.2 Å². The highest BCUT2D eigenvalue weighted by Crippen LogP contribution is 2.31. The van der Waals surface area contributed by atoms with E-state index in [1.807, 2.05) is 0 Å². The van der Waals surface area contributed by atoms with Crippen LogP contribution in [0.1, 0.15) is 19.8 Å². The van der Waals surface area contributed by atoms with Crippen molar-refractivity contribution in [1.29, 1.82) is 0 Å². The first kappa shape index (κ1) is 14.7. The molecule has 0 saturated heterocycles. The SMILES string of the molecule is CCOC(=O)CN(C1CC1)S(=O)(=O)c1ccc(N)nc1. The predicted octanol–water partition coefficient (Wildman–Crippen LogP) is 0.380. The van der Waals surface area contributed by atoms with Crippen LogP contribution in [0.25, 0.3) is 0 Å². The van der Waals surface area contributed by atoms with Crippen LogP contribution in [0, 0.1) is 0 Å². The summed E-state index contributed by atoms with van der Waals surface area (Å²) in [5.41, 5.74) is 5.44. The molecule has 20 heavy (non-hydrogen) atoms. The van der Waals surface area contributed by atoms with Crippen LogP contribution in [-0.4, -0.2) is 42.9 Å². The number of esters is 1. The van der Waals surface area contributed by atoms with Crippen molar-refractivity contribution in [3.8, 4) is 0 Å². The molecule has 0 aromatic carbocycles. The van der Waals surface area contributed by atoms with E-state index >= 15 is 0 Å². The third-order valence-corrected chi connectivity index (χ3v) is 4.79. The summed E-state index contributed by atoms with van der Waals surface area (Å²) >= 11 is 0. The Morgan fingerprint density at radius 1 is 1.50 bits per heavy atom. The van der Waals surface area contributed by atoms with Crippen molar-refractivity contribution >= 4 is 21.8 Å². The lowest BCUT2D eigenvalue weighted by Crippen LogP contribution is -2.38. The van der Waals surface area contributed by atoms with Crippen molar-refractivity contribution in [3.05, 3.63) is 18.3 Å². The summed E-state index contributed by atoms with van der Waals surface area (Å²) in [6.45, 7) is 1.63. The number of hydrogen-bond donors (Lipinski definition) is 1. The number of rotatable bonds is 6. The fourth-order valence-corrected chi connectivity index (χ4v) is 3.36. The van der Waals surface area contributed by atoms with Crippen molar-refractivity contribution in [3.63, 3.8) is 0 Å². The van der Waals surface area contributed by atoms with E-state index in [2.05, 4.69) is 4.98 Å². The zero-order valence-electron chi connectivity index (χ0n) is 11.2.